The minimum atomic E-state index is -1.86. The fourth-order valence-corrected chi connectivity index (χ4v) is 8.12. The number of esters is 2. The fourth-order valence-electron chi connectivity index (χ4n) is 8.12. The summed E-state index contributed by atoms with van der Waals surface area (Å²) in [4.78, 5) is 42.3. The molecule has 12 nitrogen and oxygen atoms in total. The van der Waals surface area contributed by atoms with E-state index in [0.29, 0.717) is 64.1 Å². The second-order valence-corrected chi connectivity index (χ2v) is 14.6. The van der Waals surface area contributed by atoms with Crippen LogP contribution in [0.5, 0.6) is 11.5 Å². The van der Waals surface area contributed by atoms with E-state index >= 15 is 0 Å². The number of carbonyl (C=O) groups excluding carboxylic acids is 2. The summed E-state index contributed by atoms with van der Waals surface area (Å²) in [5.74, 6) is 0.409. The lowest BCUT2D eigenvalue weighted by molar-refractivity contribution is -0.148. The Morgan fingerprint density at radius 1 is 0.732 bits per heavy atom. The first-order valence-electron chi connectivity index (χ1n) is 18.9. The van der Waals surface area contributed by atoms with Crippen LogP contribution in [0.15, 0.2) is 36.4 Å². The molecule has 2 unspecified atom stereocenters. The van der Waals surface area contributed by atoms with Crippen LogP contribution in [0.25, 0.3) is 44.3 Å². The number of nitrogens with zero attached hydrogens (tertiary/aromatic N) is 2. The number of carbonyl (C=O) groups is 2. The molecule has 0 fully saturated rings. The van der Waals surface area contributed by atoms with E-state index in [9.17, 15) is 19.8 Å². The summed E-state index contributed by atoms with van der Waals surface area (Å²) < 4.78 is 21.4. The number of ether oxygens (including phenoxy) is 4. The largest absolute Gasteiger partial charge is 0.497 e. The molecule has 3 aromatic heterocycles. The minimum Gasteiger partial charge on any atom is -0.497 e. The fraction of sp³-hybridized carbons (Fsp3) is 0.409. The van der Waals surface area contributed by atoms with Crippen LogP contribution in [0.3, 0.4) is 0 Å². The highest BCUT2D eigenvalue weighted by atomic mass is 16.5. The number of H-pyrrole nitrogens is 2. The Morgan fingerprint density at radius 2 is 1.34 bits per heavy atom. The summed E-state index contributed by atoms with van der Waals surface area (Å²) in [7, 11) is 5.90. The van der Waals surface area contributed by atoms with Gasteiger partial charge in [0.05, 0.1) is 56.7 Å². The number of aryl methyl sites for hydroxylation is 4. The lowest BCUT2D eigenvalue weighted by Gasteiger charge is -2.35. The van der Waals surface area contributed by atoms with Crippen LogP contribution in [-0.4, -0.2) is 70.5 Å². The van der Waals surface area contributed by atoms with Gasteiger partial charge in [0, 0.05) is 41.0 Å². The van der Waals surface area contributed by atoms with Gasteiger partial charge in [-0.2, -0.15) is 0 Å². The summed E-state index contributed by atoms with van der Waals surface area (Å²) >= 11 is 0. The predicted molar refractivity (Wildman–Crippen MR) is 216 cm³/mol. The van der Waals surface area contributed by atoms with E-state index in [1.165, 1.54) is 14.2 Å². The van der Waals surface area contributed by atoms with Crippen molar-refractivity contribution in [2.45, 2.75) is 91.3 Å². The summed E-state index contributed by atoms with van der Waals surface area (Å²) in [5.41, 5.74) is 7.89. The van der Waals surface area contributed by atoms with Crippen LogP contribution in [0.2, 0.25) is 0 Å². The second-order valence-electron chi connectivity index (χ2n) is 14.6. The number of benzene rings is 1. The number of allylic oxidation sites excluding steroid dienone is 2. The Balaban J connectivity index is 1.86. The van der Waals surface area contributed by atoms with Gasteiger partial charge >= 0.3 is 11.9 Å². The Hall–Kier alpha value is -5.46. The standard InChI is InChI=1S/C44H52N4O8/c1-11-29-25(5)41-40(26-17-27(53-7)19-28(18-26)54-8)42-43(6,51)44(52,12-2)37(48-42)22-33-24(4)31(14-16-39(50)56-10)36(46-33)21-35-30(13-15-38(49)55-9)23(3)32(45-35)20-34(29)47-41/h17-22,46-47,51-52H,11-16H2,1-10H3. The maximum Gasteiger partial charge on any atom is 0.305 e. The highest BCUT2D eigenvalue weighted by molar-refractivity contribution is 5.95. The topological polar surface area (TPSA) is 169 Å². The maximum absolute atomic E-state index is 12.7. The molecule has 0 aliphatic carbocycles. The quantitative estimate of drug-likeness (QED) is 0.111. The molecule has 0 spiro atoms. The molecule has 8 bridgehead atoms. The molecule has 0 radical (unpaired) electrons. The molecule has 0 amide bonds. The van der Waals surface area contributed by atoms with Crippen molar-refractivity contribution in [3.8, 4) is 22.6 Å². The van der Waals surface area contributed by atoms with Crippen molar-refractivity contribution in [2.24, 2.45) is 0 Å². The SMILES string of the molecule is CCc1c(C)c2[nH]c1cc1nc(cc3[nH]c(cc4nc(c2-c2cc(OC)cc(OC)c2)C(C)(O)C4(O)CC)c(C)c3CCC(=O)OC)C(CCC(=O)OC)=C1C. The zero-order chi connectivity index (χ0) is 40.7. The maximum atomic E-state index is 12.7. The molecule has 4 aromatic rings. The van der Waals surface area contributed by atoms with Crippen molar-refractivity contribution in [1.29, 1.82) is 0 Å². The number of aliphatic hydroxyl groups is 2. The van der Waals surface area contributed by atoms with Gasteiger partial charge in [0.15, 0.2) is 0 Å². The summed E-state index contributed by atoms with van der Waals surface area (Å²) in [6, 6.07) is 11.3. The van der Waals surface area contributed by atoms with E-state index in [2.05, 4.69) is 16.9 Å². The van der Waals surface area contributed by atoms with Gasteiger partial charge in [-0.05, 0) is 123 Å². The Kier molecular flexibility index (Phi) is 11.2. The van der Waals surface area contributed by atoms with Gasteiger partial charge in [0.25, 0.3) is 0 Å². The van der Waals surface area contributed by atoms with Gasteiger partial charge in [-0.15, -0.1) is 0 Å². The van der Waals surface area contributed by atoms with Crippen molar-refractivity contribution in [1.82, 2.24) is 19.9 Å². The van der Waals surface area contributed by atoms with Gasteiger partial charge in [0.2, 0.25) is 0 Å². The monoisotopic (exact) mass is 764 g/mol. The molecule has 4 N–H and O–H groups in total. The van der Waals surface area contributed by atoms with Crippen molar-refractivity contribution < 1.29 is 38.7 Å². The van der Waals surface area contributed by atoms with Crippen LogP contribution in [0, 0.1) is 13.8 Å². The van der Waals surface area contributed by atoms with E-state index in [-0.39, 0.29) is 42.6 Å². The molecule has 1 aromatic carbocycles. The number of nitrogens with one attached hydrogen (secondary N) is 2. The third-order valence-electron chi connectivity index (χ3n) is 11.6. The molecule has 296 valence electrons. The molecule has 0 saturated heterocycles. The Labute approximate surface area is 326 Å². The van der Waals surface area contributed by atoms with Gasteiger partial charge in [0.1, 0.15) is 22.7 Å². The molecule has 12 heteroatoms. The number of methoxy groups -OCH3 is 4. The highest BCUT2D eigenvalue weighted by Crippen LogP contribution is 2.50. The van der Waals surface area contributed by atoms with Crippen LogP contribution in [0.4, 0.5) is 0 Å². The molecule has 6 rings (SSSR count). The number of aromatic amines is 2. The third kappa shape index (κ3) is 6.85. The zero-order valence-corrected chi connectivity index (χ0v) is 33.9. The lowest BCUT2D eigenvalue weighted by atomic mass is 9.78. The normalized spacial score (nSPS) is 17.9. The second kappa shape index (κ2) is 15.6. The molecule has 2 atom stereocenters. The summed E-state index contributed by atoms with van der Waals surface area (Å²) in [6.45, 7) is 11.5. The van der Waals surface area contributed by atoms with E-state index in [1.807, 2.05) is 52.0 Å². The molecular formula is C44H52N4O8. The van der Waals surface area contributed by atoms with Crippen LogP contribution in [0.1, 0.15) is 98.4 Å². The number of rotatable bonds is 11. The van der Waals surface area contributed by atoms with Crippen molar-refractivity contribution >= 4 is 45.2 Å². The average Bonchev–Trinajstić information content (AvgIpc) is 3.83. The van der Waals surface area contributed by atoms with E-state index in [0.717, 1.165) is 44.6 Å². The number of aromatic nitrogens is 4. The molecule has 56 heavy (non-hydrogen) atoms. The summed E-state index contributed by atoms with van der Waals surface area (Å²) in [6.07, 6.45) is 1.90. The highest BCUT2D eigenvalue weighted by Gasteiger charge is 2.54. The van der Waals surface area contributed by atoms with Crippen LogP contribution >= 0.6 is 0 Å². The van der Waals surface area contributed by atoms with Gasteiger partial charge < -0.3 is 39.1 Å². The smallest absolute Gasteiger partial charge is 0.305 e. The Bertz CT molecular complexity index is 2400. The molecule has 2 aliphatic heterocycles. The Morgan fingerprint density at radius 3 is 1.93 bits per heavy atom. The first-order chi connectivity index (χ1) is 26.6. The average molecular weight is 765 g/mol. The van der Waals surface area contributed by atoms with Gasteiger partial charge in [-0.25, -0.2) is 4.98 Å². The predicted octanol–water partition coefficient (Wildman–Crippen LogP) is 7.67. The molecule has 0 saturated carbocycles. The first kappa shape index (κ1) is 40.2. The summed E-state index contributed by atoms with van der Waals surface area (Å²) in [5, 5.41) is 25.2. The number of hydrogen-bond donors (Lipinski definition) is 4. The number of hydrogen-bond acceptors (Lipinski definition) is 10. The van der Waals surface area contributed by atoms with Crippen LogP contribution < -0.4 is 9.47 Å². The van der Waals surface area contributed by atoms with E-state index in [4.69, 9.17) is 28.9 Å². The van der Waals surface area contributed by atoms with Crippen molar-refractivity contribution in [3.05, 3.63) is 81.4 Å². The van der Waals surface area contributed by atoms with Crippen molar-refractivity contribution in [3.63, 3.8) is 0 Å². The molecule has 2 aliphatic rings. The first-order valence-corrected chi connectivity index (χ1v) is 18.9. The molecule has 5 heterocycles. The van der Waals surface area contributed by atoms with Crippen LogP contribution in [-0.2, 0) is 43.1 Å². The van der Waals surface area contributed by atoms with Crippen molar-refractivity contribution in [2.75, 3.05) is 28.4 Å². The molecular weight excluding hydrogens is 713 g/mol. The van der Waals surface area contributed by atoms with E-state index in [1.54, 1.807) is 33.3 Å². The lowest BCUT2D eigenvalue weighted by Crippen LogP contribution is -2.43. The van der Waals surface area contributed by atoms with E-state index < -0.39 is 11.2 Å². The third-order valence-corrected chi connectivity index (χ3v) is 11.6. The number of fused-ring (bicyclic) bond motifs is 8. The zero-order valence-electron chi connectivity index (χ0n) is 33.9. The van der Waals surface area contributed by atoms with Gasteiger partial charge in [-0.1, -0.05) is 13.8 Å². The minimum absolute atomic E-state index is 0.139. The van der Waals surface area contributed by atoms with Gasteiger partial charge in [-0.3, -0.25) is 14.6 Å².